The summed E-state index contributed by atoms with van der Waals surface area (Å²) < 4.78 is 6.88. The third-order valence-electron chi connectivity index (χ3n) is 4.89. The molecular formula is C23H18Cl2N4O4. The highest BCUT2D eigenvalue weighted by Gasteiger charge is 2.20. The Hall–Kier alpha value is -3.80. The SMILES string of the molecule is COc1ccc(NC(=O)/C(C#N)=C/c2cc(C)n(-c3cc(Cl)cc(Cl)c3)c2C)c([N+](=O)[O-])c1. The van der Waals surface area contributed by atoms with Gasteiger partial charge in [0.15, 0.2) is 0 Å². The smallest absolute Gasteiger partial charge is 0.296 e. The van der Waals surface area contributed by atoms with E-state index in [-0.39, 0.29) is 22.7 Å². The number of aromatic nitrogens is 1. The number of anilines is 1. The van der Waals surface area contributed by atoms with Gasteiger partial charge in [-0.2, -0.15) is 5.26 Å². The van der Waals surface area contributed by atoms with Crippen LogP contribution in [0.2, 0.25) is 10.0 Å². The fourth-order valence-corrected chi connectivity index (χ4v) is 3.90. The van der Waals surface area contributed by atoms with E-state index in [0.717, 1.165) is 17.1 Å². The van der Waals surface area contributed by atoms with Gasteiger partial charge in [-0.1, -0.05) is 23.2 Å². The quantitative estimate of drug-likeness (QED) is 0.203. The van der Waals surface area contributed by atoms with E-state index in [9.17, 15) is 20.2 Å². The van der Waals surface area contributed by atoms with Crippen molar-refractivity contribution >= 4 is 46.6 Å². The number of benzene rings is 2. The molecule has 0 bridgehead atoms. The lowest BCUT2D eigenvalue weighted by atomic mass is 10.1. The van der Waals surface area contributed by atoms with Crippen LogP contribution in [-0.4, -0.2) is 22.5 Å². The molecule has 1 N–H and O–H groups in total. The highest BCUT2D eigenvalue weighted by atomic mass is 35.5. The number of carbonyl (C=O) groups is 1. The van der Waals surface area contributed by atoms with Crippen molar-refractivity contribution in [1.82, 2.24) is 4.57 Å². The maximum Gasteiger partial charge on any atom is 0.296 e. The lowest BCUT2D eigenvalue weighted by Gasteiger charge is -2.11. The number of nitriles is 1. The van der Waals surface area contributed by atoms with Crippen LogP contribution in [0.1, 0.15) is 17.0 Å². The number of hydrogen-bond donors (Lipinski definition) is 1. The number of methoxy groups -OCH3 is 1. The molecule has 0 radical (unpaired) electrons. The molecule has 0 aliphatic carbocycles. The minimum atomic E-state index is -0.777. The number of nitrogens with zero attached hydrogens (tertiary/aromatic N) is 3. The molecule has 33 heavy (non-hydrogen) atoms. The van der Waals surface area contributed by atoms with Gasteiger partial charge in [-0.25, -0.2) is 0 Å². The number of halogens is 2. The molecule has 0 saturated heterocycles. The Morgan fingerprint density at radius 1 is 1.18 bits per heavy atom. The minimum absolute atomic E-state index is 0.0500. The highest BCUT2D eigenvalue weighted by molar-refractivity contribution is 6.34. The van der Waals surface area contributed by atoms with Crippen LogP contribution in [0.4, 0.5) is 11.4 Å². The number of nitro benzene ring substituents is 1. The fourth-order valence-electron chi connectivity index (χ4n) is 3.39. The Kier molecular flexibility index (Phi) is 7.07. The molecule has 0 saturated carbocycles. The van der Waals surface area contributed by atoms with Gasteiger partial charge in [-0.05, 0) is 61.9 Å². The van der Waals surface area contributed by atoms with Gasteiger partial charge in [0.1, 0.15) is 23.1 Å². The van der Waals surface area contributed by atoms with Crippen LogP contribution in [-0.2, 0) is 4.79 Å². The molecule has 0 aliphatic heterocycles. The molecule has 3 rings (SSSR count). The average molecular weight is 485 g/mol. The molecule has 1 amide bonds. The first kappa shape index (κ1) is 23.9. The van der Waals surface area contributed by atoms with E-state index in [1.165, 1.54) is 31.4 Å². The fraction of sp³-hybridized carbons (Fsp3) is 0.130. The number of carbonyl (C=O) groups excluding carboxylic acids is 1. The van der Waals surface area contributed by atoms with Gasteiger partial charge >= 0.3 is 0 Å². The van der Waals surface area contributed by atoms with Crippen molar-refractivity contribution in [3.8, 4) is 17.5 Å². The first-order chi connectivity index (χ1) is 15.6. The van der Waals surface area contributed by atoms with E-state index in [1.807, 2.05) is 30.6 Å². The number of amides is 1. The van der Waals surface area contributed by atoms with Crippen LogP contribution in [0, 0.1) is 35.3 Å². The number of nitro groups is 1. The summed E-state index contributed by atoms with van der Waals surface area (Å²) in [5.74, 6) is -0.509. The van der Waals surface area contributed by atoms with Gasteiger partial charge in [-0.3, -0.25) is 14.9 Å². The van der Waals surface area contributed by atoms with E-state index < -0.39 is 10.8 Å². The Labute approximate surface area is 199 Å². The summed E-state index contributed by atoms with van der Waals surface area (Å²) in [5, 5.41) is 24.3. The third kappa shape index (κ3) is 5.17. The molecule has 2 aromatic carbocycles. The molecule has 168 valence electrons. The predicted molar refractivity (Wildman–Crippen MR) is 127 cm³/mol. The van der Waals surface area contributed by atoms with Crippen LogP contribution in [0.15, 0.2) is 48.0 Å². The van der Waals surface area contributed by atoms with Crippen molar-refractivity contribution < 1.29 is 14.5 Å². The van der Waals surface area contributed by atoms with E-state index in [2.05, 4.69) is 5.32 Å². The molecule has 8 nitrogen and oxygen atoms in total. The molecule has 0 spiro atoms. The topological polar surface area (TPSA) is 110 Å². The summed E-state index contributed by atoms with van der Waals surface area (Å²) in [4.78, 5) is 23.5. The van der Waals surface area contributed by atoms with Gasteiger partial charge in [0, 0.05) is 27.1 Å². The van der Waals surface area contributed by atoms with Crippen LogP contribution in [0.5, 0.6) is 5.75 Å². The Balaban J connectivity index is 1.97. The normalized spacial score (nSPS) is 11.1. The lowest BCUT2D eigenvalue weighted by molar-refractivity contribution is -0.384. The molecule has 1 aromatic heterocycles. The summed E-state index contributed by atoms with van der Waals surface area (Å²) in [6, 6.07) is 12.8. The van der Waals surface area contributed by atoms with Gasteiger partial charge < -0.3 is 14.6 Å². The summed E-state index contributed by atoms with van der Waals surface area (Å²) in [7, 11) is 1.38. The zero-order valence-electron chi connectivity index (χ0n) is 17.8. The number of rotatable bonds is 6. The van der Waals surface area contributed by atoms with Gasteiger partial charge in [-0.15, -0.1) is 0 Å². The molecular weight excluding hydrogens is 467 g/mol. The minimum Gasteiger partial charge on any atom is -0.496 e. The van der Waals surface area contributed by atoms with Crippen molar-refractivity contribution in [2.24, 2.45) is 0 Å². The standard InChI is InChI=1S/C23H18Cl2N4O4/c1-13-6-15(14(2)28(13)19-9-17(24)8-18(25)10-19)7-16(12-26)23(30)27-21-5-4-20(33-3)11-22(21)29(31)32/h4-11H,1-3H3,(H,27,30)/b16-7+. The Bertz CT molecular complexity index is 1320. The van der Waals surface area contributed by atoms with E-state index >= 15 is 0 Å². The van der Waals surface area contributed by atoms with Gasteiger partial charge in [0.2, 0.25) is 0 Å². The Morgan fingerprint density at radius 2 is 1.85 bits per heavy atom. The molecule has 1 heterocycles. The maximum atomic E-state index is 12.7. The molecule has 0 atom stereocenters. The second kappa shape index (κ2) is 9.77. The number of hydrogen-bond acceptors (Lipinski definition) is 5. The first-order valence-electron chi connectivity index (χ1n) is 9.55. The largest absolute Gasteiger partial charge is 0.496 e. The summed E-state index contributed by atoms with van der Waals surface area (Å²) in [6.07, 6.45) is 1.43. The molecule has 0 unspecified atom stereocenters. The van der Waals surface area contributed by atoms with Crippen molar-refractivity contribution in [1.29, 1.82) is 5.26 Å². The lowest BCUT2D eigenvalue weighted by Crippen LogP contribution is -2.14. The van der Waals surface area contributed by atoms with Crippen LogP contribution >= 0.6 is 23.2 Å². The van der Waals surface area contributed by atoms with Crippen LogP contribution in [0.3, 0.4) is 0 Å². The Morgan fingerprint density at radius 3 is 2.42 bits per heavy atom. The average Bonchev–Trinajstić information content (AvgIpc) is 3.04. The molecule has 0 aliphatic rings. The van der Waals surface area contributed by atoms with E-state index in [0.29, 0.717) is 15.6 Å². The van der Waals surface area contributed by atoms with Gasteiger partial charge in [0.25, 0.3) is 11.6 Å². The molecule has 3 aromatic rings. The van der Waals surface area contributed by atoms with Crippen LogP contribution < -0.4 is 10.1 Å². The van der Waals surface area contributed by atoms with Gasteiger partial charge in [0.05, 0.1) is 18.1 Å². The van der Waals surface area contributed by atoms with E-state index in [1.54, 1.807) is 18.2 Å². The zero-order valence-corrected chi connectivity index (χ0v) is 19.4. The maximum absolute atomic E-state index is 12.7. The van der Waals surface area contributed by atoms with E-state index in [4.69, 9.17) is 27.9 Å². The number of aryl methyl sites for hydroxylation is 1. The summed E-state index contributed by atoms with van der Waals surface area (Å²) >= 11 is 12.3. The van der Waals surface area contributed by atoms with Crippen molar-refractivity contribution in [2.75, 3.05) is 12.4 Å². The third-order valence-corrected chi connectivity index (χ3v) is 5.33. The summed E-state index contributed by atoms with van der Waals surface area (Å²) in [6.45, 7) is 3.70. The van der Waals surface area contributed by atoms with Crippen molar-refractivity contribution in [3.63, 3.8) is 0 Å². The second-order valence-electron chi connectivity index (χ2n) is 7.05. The molecule has 0 fully saturated rings. The van der Waals surface area contributed by atoms with Crippen molar-refractivity contribution in [3.05, 3.63) is 85.1 Å². The summed E-state index contributed by atoms with van der Waals surface area (Å²) in [5.41, 5.74) is 2.33. The molecule has 10 heteroatoms. The zero-order chi connectivity index (χ0) is 24.3. The highest BCUT2D eigenvalue weighted by Crippen LogP contribution is 2.30. The predicted octanol–water partition coefficient (Wildman–Crippen LogP) is 5.86. The van der Waals surface area contributed by atoms with Crippen molar-refractivity contribution in [2.45, 2.75) is 13.8 Å². The number of nitrogens with one attached hydrogen (secondary N) is 1. The second-order valence-corrected chi connectivity index (χ2v) is 7.93. The monoisotopic (exact) mass is 484 g/mol. The number of ether oxygens (including phenoxy) is 1. The van der Waals surface area contributed by atoms with Crippen LogP contribution in [0.25, 0.3) is 11.8 Å². The first-order valence-corrected chi connectivity index (χ1v) is 10.3.